The van der Waals surface area contributed by atoms with Gasteiger partial charge >= 0.3 is 5.97 Å². The summed E-state index contributed by atoms with van der Waals surface area (Å²) in [6.07, 6.45) is 3.06. The molecule has 0 aromatic carbocycles. The second-order valence-corrected chi connectivity index (χ2v) is 6.82. The van der Waals surface area contributed by atoms with Crippen molar-refractivity contribution in [2.75, 3.05) is 12.8 Å². The zero-order valence-corrected chi connectivity index (χ0v) is 11.2. The molecule has 0 unspecified atom stereocenters. The molecule has 0 spiro atoms. The van der Waals surface area contributed by atoms with E-state index in [4.69, 9.17) is 5.11 Å². The zero-order valence-electron chi connectivity index (χ0n) is 10.4. The Morgan fingerprint density at radius 3 is 2.24 bits per heavy atom. The first kappa shape index (κ1) is 14.4. The topological polar surface area (TPSA) is 74.7 Å². The number of nitrogens with zero attached hydrogens (tertiary/aromatic N) is 1. The zero-order chi connectivity index (χ0) is 13.1. The first-order valence-corrected chi connectivity index (χ1v) is 7.68. The van der Waals surface area contributed by atoms with Gasteiger partial charge in [-0.1, -0.05) is 6.92 Å². The minimum Gasteiger partial charge on any atom is -0.481 e. The molecule has 1 N–H and O–H groups in total. The number of carboxylic acids is 1. The van der Waals surface area contributed by atoms with Crippen LogP contribution in [0.2, 0.25) is 0 Å². The van der Waals surface area contributed by atoms with Crippen LogP contribution < -0.4 is 0 Å². The maximum absolute atomic E-state index is 11.9. The molecular weight excluding hydrogens is 242 g/mol. The van der Waals surface area contributed by atoms with Crippen LogP contribution in [0.5, 0.6) is 0 Å². The van der Waals surface area contributed by atoms with E-state index in [1.54, 1.807) is 7.05 Å². The molecule has 100 valence electrons. The molecule has 0 atom stereocenters. The smallest absolute Gasteiger partial charge is 0.306 e. The molecule has 0 saturated heterocycles. The Hall–Kier alpha value is -0.620. The highest BCUT2D eigenvalue weighted by Gasteiger charge is 2.32. The molecule has 1 saturated carbocycles. The molecule has 0 amide bonds. The predicted molar refractivity (Wildman–Crippen MR) is 65.2 cm³/mol. The van der Waals surface area contributed by atoms with Gasteiger partial charge in [-0.05, 0) is 32.1 Å². The van der Waals surface area contributed by atoms with E-state index < -0.39 is 16.0 Å². The lowest BCUT2D eigenvalue weighted by molar-refractivity contribution is -0.143. The van der Waals surface area contributed by atoms with Gasteiger partial charge in [-0.2, -0.15) is 0 Å². The van der Waals surface area contributed by atoms with E-state index in [9.17, 15) is 13.2 Å². The van der Waals surface area contributed by atoms with Crippen molar-refractivity contribution in [3.8, 4) is 0 Å². The fourth-order valence-electron chi connectivity index (χ4n) is 2.32. The summed E-state index contributed by atoms with van der Waals surface area (Å²) < 4.78 is 25.1. The Balaban J connectivity index is 2.57. The van der Waals surface area contributed by atoms with E-state index >= 15 is 0 Å². The molecule has 1 aliphatic rings. The van der Waals surface area contributed by atoms with Gasteiger partial charge in [0.1, 0.15) is 0 Å². The molecule has 0 aromatic rings. The molecule has 0 heterocycles. The standard InChI is InChI=1S/C11H21NO4S/c1-3-8-17(15,16)12(2)10-6-4-9(5-7-10)11(13)14/h9-10H,3-8H2,1-2H3,(H,13,14). The predicted octanol–water partition coefficient (Wildman–Crippen LogP) is 1.30. The van der Waals surface area contributed by atoms with Crippen molar-refractivity contribution >= 4 is 16.0 Å². The number of rotatable bonds is 5. The Morgan fingerprint density at radius 1 is 1.29 bits per heavy atom. The highest BCUT2D eigenvalue weighted by Crippen LogP contribution is 2.28. The maximum atomic E-state index is 11.9. The van der Waals surface area contributed by atoms with Crippen molar-refractivity contribution in [1.29, 1.82) is 0 Å². The minimum atomic E-state index is -3.16. The molecule has 0 aromatic heterocycles. The van der Waals surface area contributed by atoms with Crippen LogP contribution in [0.25, 0.3) is 0 Å². The summed E-state index contributed by atoms with van der Waals surface area (Å²) in [5.41, 5.74) is 0. The number of aliphatic carboxylic acids is 1. The molecule has 1 rings (SSSR count). The minimum absolute atomic E-state index is 0.0258. The molecule has 0 bridgehead atoms. The number of sulfonamides is 1. The fourth-order valence-corrected chi connectivity index (χ4v) is 3.78. The number of carbonyl (C=O) groups is 1. The fraction of sp³-hybridized carbons (Fsp3) is 0.909. The van der Waals surface area contributed by atoms with Crippen LogP contribution in [-0.2, 0) is 14.8 Å². The molecule has 0 aliphatic heterocycles. The highest BCUT2D eigenvalue weighted by molar-refractivity contribution is 7.89. The molecule has 17 heavy (non-hydrogen) atoms. The van der Waals surface area contributed by atoms with Gasteiger partial charge in [0.2, 0.25) is 10.0 Å². The lowest BCUT2D eigenvalue weighted by Gasteiger charge is -2.32. The quantitative estimate of drug-likeness (QED) is 0.811. The summed E-state index contributed by atoms with van der Waals surface area (Å²) in [5, 5.41) is 8.88. The van der Waals surface area contributed by atoms with Crippen LogP contribution in [0.15, 0.2) is 0 Å². The normalized spacial score (nSPS) is 26.1. The monoisotopic (exact) mass is 263 g/mol. The third kappa shape index (κ3) is 3.67. The van der Waals surface area contributed by atoms with Crippen molar-refractivity contribution in [3.63, 3.8) is 0 Å². The first-order chi connectivity index (χ1) is 7.88. The number of carboxylic acid groups (broad SMARTS) is 1. The SMILES string of the molecule is CCCS(=O)(=O)N(C)C1CCC(C(=O)O)CC1. The Kier molecular flexibility index (Phi) is 4.94. The van der Waals surface area contributed by atoms with E-state index in [-0.39, 0.29) is 17.7 Å². The maximum Gasteiger partial charge on any atom is 0.306 e. The van der Waals surface area contributed by atoms with Crippen LogP contribution in [0.3, 0.4) is 0 Å². The molecule has 6 heteroatoms. The summed E-state index contributed by atoms with van der Waals surface area (Å²) in [6.45, 7) is 1.84. The van der Waals surface area contributed by atoms with Crippen LogP contribution in [-0.4, -0.2) is 42.6 Å². The summed E-state index contributed by atoms with van der Waals surface area (Å²) in [7, 11) is -1.55. The van der Waals surface area contributed by atoms with Crippen LogP contribution in [0.1, 0.15) is 39.0 Å². The van der Waals surface area contributed by atoms with E-state index in [2.05, 4.69) is 0 Å². The van der Waals surface area contributed by atoms with Gasteiger partial charge in [0, 0.05) is 13.1 Å². The highest BCUT2D eigenvalue weighted by atomic mass is 32.2. The second kappa shape index (κ2) is 5.82. The van der Waals surface area contributed by atoms with Crippen molar-refractivity contribution in [1.82, 2.24) is 4.31 Å². The van der Waals surface area contributed by atoms with Gasteiger partial charge in [-0.3, -0.25) is 4.79 Å². The van der Waals surface area contributed by atoms with Gasteiger partial charge in [0.25, 0.3) is 0 Å². The summed E-state index contributed by atoms with van der Waals surface area (Å²) >= 11 is 0. The van der Waals surface area contributed by atoms with E-state index in [1.807, 2.05) is 6.92 Å². The Labute approximate surface area is 103 Å². The molecule has 1 fully saturated rings. The number of hydrogen-bond acceptors (Lipinski definition) is 3. The molecule has 1 aliphatic carbocycles. The van der Waals surface area contributed by atoms with Gasteiger partial charge in [0.15, 0.2) is 0 Å². The molecular formula is C11H21NO4S. The average molecular weight is 263 g/mol. The third-order valence-corrected chi connectivity index (χ3v) is 5.56. The van der Waals surface area contributed by atoms with Gasteiger partial charge in [-0.25, -0.2) is 12.7 Å². The summed E-state index contributed by atoms with van der Waals surface area (Å²) in [6, 6.07) is -0.0258. The van der Waals surface area contributed by atoms with Crippen molar-refractivity contribution in [3.05, 3.63) is 0 Å². The van der Waals surface area contributed by atoms with E-state index in [0.29, 0.717) is 32.1 Å². The van der Waals surface area contributed by atoms with Crippen molar-refractivity contribution in [2.45, 2.75) is 45.1 Å². The van der Waals surface area contributed by atoms with Gasteiger partial charge in [0.05, 0.1) is 11.7 Å². The van der Waals surface area contributed by atoms with E-state index in [1.165, 1.54) is 4.31 Å². The number of hydrogen-bond donors (Lipinski definition) is 1. The van der Waals surface area contributed by atoms with Crippen LogP contribution in [0.4, 0.5) is 0 Å². The second-order valence-electron chi connectivity index (χ2n) is 4.68. The first-order valence-electron chi connectivity index (χ1n) is 6.07. The largest absolute Gasteiger partial charge is 0.481 e. The Morgan fingerprint density at radius 2 is 1.82 bits per heavy atom. The third-order valence-electron chi connectivity index (χ3n) is 3.46. The lowest BCUT2D eigenvalue weighted by Crippen LogP contribution is -2.41. The van der Waals surface area contributed by atoms with Crippen molar-refractivity contribution in [2.24, 2.45) is 5.92 Å². The summed E-state index contributed by atoms with van der Waals surface area (Å²) in [4.78, 5) is 10.8. The van der Waals surface area contributed by atoms with E-state index in [0.717, 1.165) is 0 Å². The van der Waals surface area contributed by atoms with Crippen molar-refractivity contribution < 1.29 is 18.3 Å². The Bertz CT molecular complexity index is 358. The summed E-state index contributed by atoms with van der Waals surface area (Å²) in [5.74, 6) is -0.890. The van der Waals surface area contributed by atoms with Gasteiger partial charge < -0.3 is 5.11 Å². The van der Waals surface area contributed by atoms with Gasteiger partial charge in [-0.15, -0.1) is 0 Å². The van der Waals surface area contributed by atoms with Crippen LogP contribution >= 0.6 is 0 Å². The lowest BCUT2D eigenvalue weighted by atomic mass is 9.86. The molecule has 5 nitrogen and oxygen atoms in total. The van der Waals surface area contributed by atoms with Crippen LogP contribution in [0, 0.1) is 5.92 Å². The average Bonchev–Trinajstić information content (AvgIpc) is 2.28. The molecule has 0 radical (unpaired) electrons.